The van der Waals surface area contributed by atoms with Gasteiger partial charge in [-0.2, -0.15) is 10.2 Å². The van der Waals surface area contributed by atoms with Gasteiger partial charge in [0, 0.05) is 51.1 Å². The third-order valence-corrected chi connectivity index (χ3v) is 6.69. The van der Waals surface area contributed by atoms with Crippen LogP contribution in [0.15, 0.2) is 18.5 Å². The molecule has 0 unspecified atom stereocenters. The lowest BCUT2D eigenvalue weighted by Crippen LogP contribution is -2.33. The predicted molar refractivity (Wildman–Crippen MR) is 129 cm³/mol. The molecule has 184 valence electrons. The summed E-state index contributed by atoms with van der Waals surface area (Å²) >= 11 is 0. The van der Waals surface area contributed by atoms with E-state index in [4.69, 9.17) is 15.8 Å². The van der Waals surface area contributed by atoms with E-state index < -0.39 is 10.0 Å². The first-order valence-electron chi connectivity index (χ1n) is 11.1. The van der Waals surface area contributed by atoms with Gasteiger partial charge in [-0.15, -0.1) is 0 Å². The molecule has 3 aromatic rings. The molecule has 3 aromatic heterocycles. The summed E-state index contributed by atoms with van der Waals surface area (Å²) in [5.74, 6) is 0.529. The van der Waals surface area contributed by atoms with Crippen molar-refractivity contribution in [3.05, 3.63) is 35.4 Å². The first-order chi connectivity index (χ1) is 16.0. The minimum absolute atomic E-state index is 0.137. The van der Waals surface area contributed by atoms with Gasteiger partial charge in [0.25, 0.3) is 5.91 Å². The average Bonchev–Trinajstić information content (AvgIpc) is 3.45. The summed E-state index contributed by atoms with van der Waals surface area (Å²) in [6, 6.07) is 1.69. The number of aromatic nitrogens is 5. The van der Waals surface area contributed by atoms with Crippen LogP contribution in [0.25, 0.3) is 5.65 Å². The van der Waals surface area contributed by atoms with Crippen molar-refractivity contribution in [3.63, 3.8) is 0 Å². The molecule has 0 aromatic carbocycles. The van der Waals surface area contributed by atoms with Crippen LogP contribution in [0.4, 0.5) is 11.5 Å². The monoisotopic (exact) mass is 489 g/mol. The Morgan fingerprint density at radius 3 is 2.76 bits per heavy atom. The van der Waals surface area contributed by atoms with E-state index in [1.807, 2.05) is 26.1 Å². The Labute approximate surface area is 198 Å². The van der Waals surface area contributed by atoms with E-state index in [-0.39, 0.29) is 29.4 Å². The molecule has 0 spiro atoms. The van der Waals surface area contributed by atoms with Gasteiger partial charge in [0.05, 0.1) is 29.9 Å². The van der Waals surface area contributed by atoms with Gasteiger partial charge in [-0.1, -0.05) is 6.92 Å². The molecular weight excluding hydrogens is 458 g/mol. The van der Waals surface area contributed by atoms with E-state index >= 15 is 0 Å². The van der Waals surface area contributed by atoms with Crippen LogP contribution >= 0.6 is 0 Å². The number of anilines is 2. The number of aryl methyl sites for hydroxylation is 2. The summed E-state index contributed by atoms with van der Waals surface area (Å²) in [5.41, 5.74) is 8.75. The Morgan fingerprint density at radius 1 is 1.41 bits per heavy atom. The molecule has 13 heteroatoms. The van der Waals surface area contributed by atoms with Crippen LogP contribution in [0.5, 0.6) is 0 Å². The standard InChI is InChI=1S/C21H31N9O3S/c1-6-17(27(3)21(31)19-16(10-23-28(19)4)26-34(5,32)33)15-9-18-24-20(13(2)11-30(18)25-15)29-8-7-14(22)12-29/h9-11,14,17,26H,6-8,12,22H2,1-5H3/t14-,17-/m0/s1. The van der Waals surface area contributed by atoms with Gasteiger partial charge in [-0.3, -0.25) is 14.2 Å². The Balaban J connectivity index is 1.65. The van der Waals surface area contributed by atoms with Gasteiger partial charge in [-0.25, -0.2) is 17.9 Å². The zero-order valence-corrected chi connectivity index (χ0v) is 20.9. The number of fused-ring (bicyclic) bond motifs is 1. The number of hydrogen-bond acceptors (Lipinski definition) is 8. The third kappa shape index (κ3) is 4.57. The Hall–Kier alpha value is -3.19. The molecule has 1 aliphatic heterocycles. The van der Waals surface area contributed by atoms with Crippen LogP contribution in [-0.4, -0.2) is 76.0 Å². The number of nitrogens with zero attached hydrogens (tertiary/aromatic N) is 7. The number of nitrogens with two attached hydrogens (primary N) is 1. The van der Waals surface area contributed by atoms with E-state index in [1.165, 1.54) is 10.9 Å². The van der Waals surface area contributed by atoms with Gasteiger partial charge < -0.3 is 15.5 Å². The summed E-state index contributed by atoms with van der Waals surface area (Å²) in [5, 5.41) is 8.76. The highest BCUT2D eigenvalue weighted by molar-refractivity contribution is 7.92. The van der Waals surface area contributed by atoms with Crippen molar-refractivity contribution < 1.29 is 13.2 Å². The molecule has 4 heterocycles. The zero-order valence-electron chi connectivity index (χ0n) is 20.1. The molecule has 34 heavy (non-hydrogen) atoms. The molecule has 0 aliphatic carbocycles. The number of carbonyl (C=O) groups excluding carboxylic acids is 1. The van der Waals surface area contributed by atoms with E-state index in [1.54, 1.807) is 23.5 Å². The fourth-order valence-electron chi connectivity index (χ4n) is 4.44. The van der Waals surface area contributed by atoms with Crippen LogP contribution in [0.1, 0.15) is 47.6 Å². The molecule has 1 fully saturated rings. The molecule has 3 N–H and O–H groups in total. The summed E-state index contributed by atoms with van der Waals surface area (Å²) in [4.78, 5) is 22.0. The van der Waals surface area contributed by atoms with Crippen molar-refractivity contribution >= 4 is 33.1 Å². The smallest absolute Gasteiger partial charge is 0.274 e. The number of amides is 1. The number of sulfonamides is 1. The van der Waals surface area contributed by atoms with Crippen LogP contribution in [0, 0.1) is 6.92 Å². The van der Waals surface area contributed by atoms with Gasteiger partial charge in [0.1, 0.15) is 11.5 Å². The van der Waals surface area contributed by atoms with Crippen molar-refractivity contribution in [1.82, 2.24) is 29.3 Å². The number of hydrogen-bond donors (Lipinski definition) is 2. The SMILES string of the molecule is CC[C@@H](c1cc2nc(N3CC[C@H](N)C3)c(C)cn2n1)N(C)C(=O)c1c(NS(C)(=O)=O)cnn1C. The second-order valence-electron chi connectivity index (χ2n) is 8.86. The fraction of sp³-hybridized carbons (Fsp3) is 0.524. The lowest BCUT2D eigenvalue weighted by Gasteiger charge is -2.26. The first-order valence-corrected chi connectivity index (χ1v) is 13.0. The molecule has 0 bridgehead atoms. The number of nitrogens with one attached hydrogen (secondary N) is 1. The first kappa shape index (κ1) is 24.0. The molecular formula is C21H31N9O3S. The third-order valence-electron chi connectivity index (χ3n) is 6.10. The molecule has 1 aliphatic rings. The molecule has 0 saturated carbocycles. The fourth-order valence-corrected chi connectivity index (χ4v) is 4.99. The van der Waals surface area contributed by atoms with Crippen molar-refractivity contribution in [2.45, 2.75) is 38.8 Å². The van der Waals surface area contributed by atoms with Crippen LogP contribution < -0.4 is 15.4 Å². The molecule has 1 amide bonds. The van der Waals surface area contributed by atoms with Gasteiger partial charge in [0.15, 0.2) is 5.65 Å². The van der Waals surface area contributed by atoms with Crippen LogP contribution in [0.3, 0.4) is 0 Å². The van der Waals surface area contributed by atoms with Gasteiger partial charge in [0.2, 0.25) is 10.0 Å². The molecule has 2 atom stereocenters. The summed E-state index contributed by atoms with van der Waals surface area (Å²) in [6.07, 6.45) is 5.83. The van der Waals surface area contributed by atoms with Crippen molar-refractivity contribution in [2.24, 2.45) is 12.8 Å². The minimum Gasteiger partial charge on any atom is -0.355 e. The normalized spacial score (nSPS) is 17.4. The van der Waals surface area contributed by atoms with Crippen molar-refractivity contribution in [2.75, 3.05) is 36.0 Å². The van der Waals surface area contributed by atoms with Gasteiger partial charge >= 0.3 is 0 Å². The van der Waals surface area contributed by atoms with E-state index in [2.05, 4.69) is 14.7 Å². The highest BCUT2D eigenvalue weighted by Gasteiger charge is 2.29. The Bertz CT molecular complexity index is 1330. The summed E-state index contributed by atoms with van der Waals surface area (Å²) in [7, 11) is -0.299. The minimum atomic E-state index is -3.57. The Morgan fingerprint density at radius 2 is 2.15 bits per heavy atom. The number of rotatable bonds is 7. The average molecular weight is 490 g/mol. The molecule has 1 saturated heterocycles. The van der Waals surface area contributed by atoms with Crippen molar-refractivity contribution in [3.8, 4) is 0 Å². The van der Waals surface area contributed by atoms with E-state index in [9.17, 15) is 13.2 Å². The maximum atomic E-state index is 13.4. The maximum absolute atomic E-state index is 13.4. The molecule has 4 rings (SSSR count). The van der Waals surface area contributed by atoms with E-state index in [0.29, 0.717) is 17.8 Å². The van der Waals surface area contributed by atoms with Crippen LogP contribution in [0.2, 0.25) is 0 Å². The lowest BCUT2D eigenvalue weighted by molar-refractivity contribution is 0.0712. The van der Waals surface area contributed by atoms with E-state index in [0.717, 1.165) is 37.1 Å². The topological polar surface area (TPSA) is 144 Å². The second-order valence-corrected chi connectivity index (χ2v) is 10.6. The molecule has 12 nitrogen and oxygen atoms in total. The number of carbonyl (C=O) groups is 1. The lowest BCUT2D eigenvalue weighted by atomic mass is 10.1. The zero-order chi connectivity index (χ0) is 24.8. The van der Waals surface area contributed by atoms with Crippen molar-refractivity contribution in [1.29, 1.82) is 0 Å². The quantitative estimate of drug-likeness (QED) is 0.498. The highest BCUT2D eigenvalue weighted by Crippen LogP contribution is 2.28. The highest BCUT2D eigenvalue weighted by atomic mass is 32.2. The Kier molecular flexibility index (Phi) is 6.25. The van der Waals surface area contributed by atoms with Gasteiger partial charge in [-0.05, 0) is 19.8 Å². The van der Waals surface area contributed by atoms with Crippen LogP contribution in [-0.2, 0) is 17.1 Å². The predicted octanol–water partition coefficient (Wildman–Crippen LogP) is 0.903. The summed E-state index contributed by atoms with van der Waals surface area (Å²) in [6.45, 7) is 5.61. The summed E-state index contributed by atoms with van der Waals surface area (Å²) < 4.78 is 28.9. The second kappa shape index (κ2) is 8.87. The maximum Gasteiger partial charge on any atom is 0.274 e. The largest absolute Gasteiger partial charge is 0.355 e. The molecule has 0 radical (unpaired) electrons.